The van der Waals surface area contributed by atoms with Gasteiger partial charge in [0.25, 0.3) is 0 Å². The molecule has 0 N–H and O–H groups in total. The third kappa shape index (κ3) is 1.94. The van der Waals surface area contributed by atoms with Gasteiger partial charge in [0.15, 0.2) is 0 Å². The molecule has 2 atom stereocenters. The summed E-state index contributed by atoms with van der Waals surface area (Å²) in [5.41, 5.74) is 1.43. The molecule has 2 nitrogen and oxygen atoms in total. The average Bonchev–Trinajstić information content (AvgIpc) is 3.11. The predicted octanol–water partition coefficient (Wildman–Crippen LogP) is 2.47. The first-order chi connectivity index (χ1) is 7.45. The second-order valence-electron chi connectivity index (χ2n) is 4.38. The van der Waals surface area contributed by atoms with Crippen LogP contribution in [0.1, 0.15) is 24.3 Å². The predicted molar refractivity (Wildman–Crippen MR) is 59.8 cm³/mol. The molecule has 78 valence electrons. The Bertz CT molecular complexity index is 322. The molecule has 1 aliphatic heterocycles. The van der Waals surface area contributed by atoms with Gasteiger partial charge in [0.2, 0.25) is 0 Å². The fourth-order valence-corrected chi connectivity index (χ4v) is 2.35. The Labute approximate surface area is 90.7 Å². The van der Waals surface area contributed by atoms with Gasteiger partial charge in [0.1, 0.15) is 0 Å². The molecule has 2 aliphatic rings. The highest BCUT2D eigenvalue weighted by Gasteiger charge is 2.49. The van der Waals surface area contributed by atoms with Crippen molar-refractivity contribution < 1.29 is 9.31 Å². The molecule has 2 fully saturated rings. The molecule has 0 bridgehead atoms. The van der Waals surface area contributed by atoms with Crippen molar-refractivity contribution in [2.75, 3.05) is 13.2 Å². The molecule has 0 aromatic heterocycles. The lowest BCUT2D eigenvalue weighted by Gasteiger charge is -2.19. The van der Waals surface area contributed by atoms with Gasteiger partial charge in [-0.25, -0.2) is 0 Å². The lowest BCUT2D eigenvalue weighted by Crippen LogP contribution is -2.30. The molecule has 1 saturated carbocycles. The van der Waals surface area contributed by atoms with Crippen LogP contribution in [0.2, 0.25) is 5.82 Å². The van der Waals surface area contributed by atoms with Gasteiger partial charge in [-0.15, -0.1) is 0 Å². The summed E-state index contributed by atoms with van der Waals surface area (Å²) in [4.78, 5) is 0. The monoisotopic (exact) mass is 202 g/mol. The molecule has 1 heterocycles. The Morgan fingerprint density at radius 1 is 1.07 bits per heavy atom. The molecule has 1 aliphatic carbocycles. The van der Waals surface area contributed by atoms with Crippen LogP contribution in [-0.2, 0) is 9.31 Å². The van der Waals surface area contributed by atoms with Crippen LogP contribution in [0, 0.1) is 0 Å². The molecule has 15 heavy (non-hydrogen) atoms. The second-order valence-corrected chi connectivity index (χ2v) is 4.38. The van der Waals surface area contributed by atoms with Crippen molar-refractivity contribution in [2.24, 2.45) is 0 Å². The summed E-state index contributed by atoms with van der Waals surface area (Å²) in [6.45, 7) is 1.73. The van der Waals surface area contributed by atoms with Crippen LogP contribution >= 0.6 is 0 Å². The first-order valence-corrected chi connectivity index (χ1v) is 5.73. The van der Waals surface area contributed by atoms with E-state index >= 15 is 0 Å². The molecular formula is C12H15BO2. The smallest absolute Gasteiger partial charge is 0.411 e. The van der Waals surface area contributed by atoms with Crippen molar-refractivity contribution in [1.82, 2.24) is 0 Å². The molecule has 3 rings (SSSR count). The molecule has 3 heteroatoms. The van der Waals surface area contributed by atoms with E-state index in [4.69, 9.17) is 9.31 Å². The highest BCUT2D eigenvalue weighted by molar-refractivity contribution is 6.48. The Hall–Kier alpha value is -0.795. The number of hydrogen-bond acceptors (Lipinski definition) is 2. The molecule has 1 aromatic carbocycles. The summed E-state index contributed by atoms with van der Waals surface area (Å²) in [5, 5.41) is 0. The van der Waals surface area contributed by atoms with Crippen LogP contribution in [0.5, 0.6) is 0 Å². The normalized spacial score (nSPS) is 30.3. The van der Waals surface area contributed by atoms with Gasteiger partial charge in [0.05, 0.1) is 0 Å². The van der Waals surface area contributed by atoms with Crippen LogP contribution < -0.4 is 0 Å². The quantitative estimate of drug-likeness (QED) is 0.685. The van der Waals surface area contributed by atoms with E-state index in [1.807, 2.05) is 0 Å². The first kappa shape index (κ1) is 9.43. The minimum Gasteiger partial charge on any atom is -0.411 e. The second kappa shape index (κ2) is 3.99. The number of hydrogen-bond donors (Lipinski definition) is 0. The zero-order valence-corrected chi connectivity index (χ0v) is 8.76. The van der Waals surface area contributed by atoms with Gasteiger partial charge in [-0.05, 0) is 24.3 Å². The third-order valence-electron chi connectivity index (χ3n) is 3.27. The van der Waals surface area contributed by atoms with E-state index < -0.39 is 0 Å². The van der Waals surface area contributed by atoms with E-state index in [0.29, 0.717) is 11.7 Å². The fourth-order valence-electron chi connectivity index (χ4n) is 2.35. The van der Waals surface area contributed by atoms with Gasteiger partial charge >= 0.3 is 7.12 Å². The Morgan fingerprint density at radius 2 is 1.80 bits per heavy atom. The van der Waals surface area contributed by atoms with Gasteiger partial charge < -0.3 is 9.31 Å². The van der Waals surface area contributed by atoms with Crippen LogP contribution in [0.25, 0.3) is 0 Å². The zero-order valence-electron chi connectivity index (χ0n) is 8.76. The first-order valence-electron chi connectivity index (χ1n) is 5.73. The summed E-state index contributed by atoms with van der Waals surface area (Å²) < 4.78 is 11.3. The van der Waals surface area contributed by atoms with Crippen molar-refractivity contribution in [3.05, 3.63) is 35.9 Å². The SMILES string of the molecule is c1ccc([C@@H]2C[C@H]2B2OCCCO2)cc1. The molecule has 1 saturated heterocycles. The molecule has 1 aromatic rings. The maximum absolute atomic E-state index is 5.63. The molecule has 0 spiro atoms. The maximum atomic E-state index is 5.63. The Kier molecular flexibility index (Phi) is 2.51. The largest absolute Gasteiger partial charge is 0.460 e. The topological polar surface area (TPSA) is 18.5 Å². The summed E-state index contributed by atoms with van der Waals surface area (Å²) >= 11 is 0. The maximum Gasteiger partial charge on any atom is 0.460 e. The van der Waals surface area contributed by atoms with Crippen molar-refractivity contribution in [3.63, 3.8) is 0 Å². The highest BCUT2D eigenvalue weighted by Crippen LogP contribution is 2.55. The highest BCUT2D eigenvalue weighted by atomic mass is 16.6. The lowest BCUT2D eigenvalue weighted by atomic mass is 9.78. The van der Waals surface area contributed by atoms with Crippen molar-refractivity contribution in [1.29, 1.82) is 0 Å². The number of benzene rings is 1. The molecule has 0 amide bonds. The van der Waals surface area contributed by atoms with E-state index in [0.717, 1.165) is 19.6 Å². The summed E-state index contributed by atoms with van der Waals surface area (Å²) in [6.07, 6.45) is 2.26. The third-order valence-corrected chi connectivity index (χ3v) is 3.27. The Morgan fingerprint density at radius 3 is 2.53 bits per heavy atom. The van der Waals surface area contributed by atoms with Gasteiger partial charge in [-0.2, -0.15) is 0 Å². The molecule has 0 unspecified atom stereocenters. The standard InChI is InChI=1S/C12H15BO2/c1-2-5-10(6-3-1)11-9-12(11)13-14-7-4-8-15-13/h1-3,5-6,11-12H,4,7-9H2/t11-,12+/m0/s1. The molecular weight excluding hydrogens is 187 g/mol. The van der Waals surface area contributed by atoms with E-state index in [1.54, 1.807) is 0 Å². The van der Waals surface area contributed by atoms with Gasteiger partial charge in [-0.1, -0.05) is 30.3 Å². The van der Waals surface area contributed by atoms with Crippen LogP contribution in [-0.4, -0.2) is 20.3 Å². The van der Waals surface area contributed by atoms with E-state index in [2.05, 4.69) is 30.3 Å². The van der Waals surface area contributed by atoms with E-state index in [-0.39, 0.29) is 7.12 Å². The van der Waals surface area contributed by atoms with Crippen LogP contribution in [0.4, 0.5) is 0 Å². The van der Waals surface area contributed by atoms with Crippen LogP contribution in [0.15, 0.2) is 30.3 Å². The summed E-state index contributed by atoms with van der Waals surface area (Å²) in [5.74, 6) is 1.25. The zero-order chi connectivity index (χ0) is 10.1. The van der Waals surface area contributed by atoms with Crippen molar-refractivity contribution in [3.8, 4) is 0 Å². The minimum atomic E-state index is 0.0592. The van der Waals surface area contributed by atoms with Gasteiger partial charge in [-0.3, -0.25) is 0 Å². The summed E-state index contributed by atoms with van der Waals surface area (Å²) in [7, 11) is 0.0592. The fraction of sp³-hybridized carbons (Fsp3) is 0.500. The average molecular weight is 202 g/mol. The minimum absolute atomic E-state index is 0.0592. The van der Waals surface area contributed by atoms with E-state index in [1.165, 1.54) is 12.0 Å². The Balaban J connectivity index is 1.64. The van der Waals surface area contributed by atoms with Gasteiger partial charge in [0, 0.05) is 19.0 Å². The van der Waals surface area contributed by atoms with Crippen LogP contribution in [0.3, 0.4) is 0 Å². The van der Waals surface area contributed by atoms with Crippen molar-refractivity contribution in [2.45, 2.75) is 24.6 Å². The summed E-state index contributed by atoms with van der Waals surface area (Å²) in [6, 6.07) is 10.7. The van der Waals surface area contributed by atoms with E-state index in [9.17, 15) is 0 Å². The lowest BCUT2D eigenvalue weighted by molar-refractivity contribution is 0.132. The number of rotatable bonds is 2. The van der Waals surface area contributed by atoms with Crippen molar-refractivity contribution >= 4 is 7.12 Å². The molecule has 0 radical (unpaired) electrons.